The van der Waals surface area contributed by atoms with Crippen LogP contribution in [-0.2, 0) is 9.59 Å². The highest BCUT2D eigenvalue weighted by atomic mass is 79.9. The Morgan fingerprint density at radius 3 is 2.35 bits per heavy atom. The van der Waals surface area contributed by atoms with Crippen LogP contribution in [0.25, 0.3) is 6.08 Å². The zero-order valence-corrected chi connectivity index (χ0v) is 17.0. The molecule has 26 heavy (non-hydrogen) atoms. The molecule has 0 aromatic heterocycles. The van der Waals surface area contributed by atoms with Gasteiger partial charge in [-0.3, -0.25) is 15.0 Å². The summed E-state index contributed by atoms with van der Waals surface area (Å²) in [6.07, 6.45) is 1.52. The number of carbonyl (C=O) groups is 2. The number of nitrogens with one attached hydrogen (secondary N) is 1. The Kier molecular flexibility index (Phi) is 5.33. The Labute approximate surface area is 167 Å². The molecule has 1 aliphatic rings. The number of methoxy groups -OCH3 is 2. The fourth-order valence-corrected chi connectivity index (χ4v) is 3.40. The first-order valence-electron chi connectivity index (χ1n) is 7.49. The topological polar surface area (TPSA) is 67.9 Å². The first kappa shape index (κ1) is 18.5. The Balaban J connectivity index is 1.96. The number of hydrogen-bond acceptors (Lipinski definition) is 4. The Morgan fingerprint density at radius 2 is 1.73 bits per heavy atom. The van der Waals surface area contributed by atoms with Gasteiger partial charge in [-0.05, 0) is 64.0 Å². The van der Waals surface area contributed by atoms with Crippen molar-refractivity contribution in [2.75, 3.05) is 19.2 Å². The maximum absolute atomic E-state index is 12.7. The molecule has 1 fully saturated rings. The summed E-state index contributed by atoms with van der Waals surface area (Å²) < 4.78 is 12.1. The Bertz CT molecular complexity index is 910. The third kappa shape index (κ3) is 3.47. The average molecular weight is 482 g/mol. The summed E-state index contributed by atoms with van der Waals surface area (Å²) in [5, 5.41) is 1.22. The van der Waals surface area contributed by atoms with E-state index >= 15 is 0 Å². The number of carbonyl (C=O) groups excluding carboxylic acids is 2. The molecule has 2 amide bonds. The second kappa shape index (κ2) is 7.51. The predicted octanol–water partition coefficient (Wildman–Crippen LogP) is 3.69. The van der Waals surface area contributed by atoms with Crippen LogP contribution in [0.3, 0.4) is 0 Å². The first-order valence-corrected chi connectivity index (χ1v) is 9.07. The van der Waals surface area contributed by atoms with Gasteiger partial charge in [0.1, 0.15) is 5.57 Å². The molecule has 2 aromatic rings. The molecule has 8 heteroatoms. The van der Waals surface area contributed by atoms with Gasteiger partial charge in [0.25, 0.3) is 11.8 Å². The highest BCUT2D eigenvalue weighted by Gasteiger charge is 2.34. The Hall–Kier alpha value is -2.32. The van der Waals surface area contributed by atoms with Gasteiger partial charge in [0.05, 0.1) is 24.4 Å². The van der Waals surface area contributed by atoms with Gasteiger partial charge < -0.3 is 9.47 Å². The smallest absolute Gasteiger partial charge is 0.282 e. The van der Waals surface area contributed by atoms with Crippen LogP contribution in [0.1, 0.15) is 5.56 Å². The van der Waals surface area contributed by atoms with Crippen molar-refractivity contribution < 1.29 is 19.1 Å². The molecule has 0 atom stereocenters. The molecule has 1 saturated heterocycles. The number of ether oxygens (including phenoxy) is 2. The van der Waals surface area contributed by atoms with Crippen molar-refractivity contribution in [2.24, 2.45) is 0 Å². The SMILES string of the molecule is COc1cc(/C=C2/C(=O)NN(c3ccc(Br)cc3)C2=O)cc(Br)c1OC. The van der Waals surface area contributed by atoms with Gasteiger partial charge in [-0.2, -0.15) is 0 Å². The van der Waals surface area contributed by atoms with Crippen LogP contribution in [0.5, 0.6) is 11.5 Å². The molecule has 0 bridgehead atoms. The molecule has 0 unspecified atom stereocenters. The molecule has 0 aliphatic carbocycles. The maximum Gasteiger partial charge on any atom is 0.282 e. The van der Waals surface area contributed by atoms with E-state index in [1.807, 2.05) is 0 Å². The van der Waals surface area contributed by atoms with Crippen molar-refractivity contribution in [1.29, 1.82) is 0 Å². The van der Waals surface area contributed by atoms with Crippen molar-refractivity contribution in [2.45, 2.75) is 0 Å². The average Bonchev–Trinajstić information content (AvgIpc) is 2.90. The minimum absolute atomic E-state index is 0.0343. The largest absolute Gasteiger partial charge is 0.493 e. The molecule has 1 heterocycles. The second-order valence-electron chi connectivity index (χ2n) is 5.35. The number of hydrazine groups is 1. The minimum atomic E-state index is -0.469. The van der Waals surface area contributed by atoms with Crippen molar-refractivity contribution in [3.63, 3.8) is 0 Å². The normalized spacial score (nSPS) is 15.4. The van der Waals surface area contributed by atoms with Gasteiger partial charge in [-0.1, -0.05) is 15.9 Å². The van der Waals surface area contributed by atoms with E-state index in [1.165, 1.54) is 25.3 Å². The van der Waals surface area contributed by atoms with E-state index in [9.17, 15) is 9.59 Å². The zero-order chi connectivity index (χ0) is 18.8. The van der Waals surface area contributed by atoms with Crippen molar-refractivity contribution in [1.82, 2.24) is 5.43 Å². The van der Waals surface area contributed by atoms with E-state index in [0.717, 1.165) is 4.47 Å². The molecule has 2 aromatic carbocycles. The Morgan fingerprint density at radius 1 is 1.04 bits per heavy atom. The van der Waals surface area contributed by atoms with Crippen molar-refractivity contribution in [3.8, 4) is 11.5 Å². The van der Waals surface area contributed by atoms with Crippen LogP contribution in [0.15, 0.2) is 50.9 Å². The maximum atomic E-state index is 12.7. The molecule has 3 rings (SSSR count). The van der Waals surface area contributed by atoms with Gasteiger partial charge in [0.15, 0.2) is 11.5 Å². The molecular formula is C18H14Br2N2O4. The van der Waals surface area contributed by atoms with Crippen LogP contribution < -0.4 is 19.9 Å². The van der Waals surface area contributed by atoms with Crippen molar-refractivity contribution in [3.05, 3.63) is 56.5 Å². The summed E-state index contributed by atoms with van der Waals surface area (Å²) in [5.41, 5.74) is 3.81. The quantitative estimate of drug-likeness (QED) is 0.534. The fourth-order valence-electron chi connectivity index (χ4n) is 2.52. The van der Waals surface area contributed by atoms with Crippen LogP contribution in [0, 0.1) is 0 Å². The number of nitrogens with zero attached hydrogens (tertiary/aromatic N) is 1. The van der Waals surface area contributed by atoms with E-state index in [-0.39, 0.29) is 5.57 Å². The van der Waals surface area contributed by atoms with Gasteiger partial charge in [-0.25, -0.2) is 5.01 Å². The van der Waals surface area contributed by atoms with Crippen LogP contribution in [0.2, 0.25) is 0 Å². The summed E-state index contributed by atoms with van der Waals surface area (Å²) in [7, 11) is 3.05. The lowest BCUT2D eigenvalue weighted by Gasteiger charge is -2.14. The monoisotopic (exact) mass is 480 g/mol. The highest BCUT2D eigenvalue weighted by Crippen LogP contribution is 2.37. The summed E-state index contributed by atoms with van der Waals surface area (Å²) >= 11 is 6.74. The number of rotatable bonds is 4. The van der Waals surface area contributed by atoms with Crippen molar-refractivity contribution >= 4 is 55.4 Å². The first-order chi connectivity index (χ1) is 12.4. The predicted molar refractivity (Wildman–Crippen MR) is 105 cm³/mol. The lowest BCUT2D eigenvalue weighted by Crippen LogP contribution is -2.35. The van der Waals surface area contributed by atoms with E-state index < -0.39 is 11.8 Å². The third-order valence-corrected chi connectivity index (χ3v) is 4.86. The lowest BCUT2D eigenvalue weighted by atomic mass is 10.1. The van der Waals surface area contributed by atoms with Gasteiger partial charge in [0, 0.05) is 4.47 Å². The summed E-state index contributed by atoms with van der Waals surface area (Å²) in [5.74, 6) is 0.129. The summed E-state index contributed by atoms with van der Waals surface area (Å²) in [6.45, 7) is 0. The third-order valence-electron chi connectivity index (χ3n) is 3.74. The second-order valence-corrected chi connectivity index (χ2v) is 7.12. The van der Waals surface area contributed by atoms with Crippen LogP contribution in [-0.4, -0.2) is 26.0 Å². The molecular weight excluding hydrogens is 468 g/mol. The molecule has 0 saturated carbocycles. The summed E-state index contributed by atoms with van der Waals surface area (Å²) in [4.78, 5) is 24.9. The molecule has 1 aliphatic heterocycles. The molecule has 6 nitrogen and oxygen atoms in total. The molecule has 0 spiro atoms. The highest BCUT2D eigenvalue weighted by molar-refractivity contribution is 9.10. The number of amides is 2. The lowest BCUT2D eigenvalue weighted by molar-refractivity contribution is -0.117. The zero-order valence-electron chi connectivity index (χ0n) is 13.9. The van der Waals surface area contributed by atoms with Gasteiger partial charge in [-0.15, -0.1) is 0 Å². The molecule has 0 radical (unpaired) electrons. The molecule has 134 valence electrons. The number of hydrogen-bond donors (Lipinski definition) is 1. The van der Waals surface area contributed by atoms with Gasteiger partial charge >= 0.3 is 0 Å². The van der Waals surface area contributed by atoms with E-state index in [1.54, 1.807) is 36.4 Å². The van der Waals surface area contributed by atoms with Gasteiger partial charge in [0.2, 0.25) is 0 Å². The number of benzene rings is 2. The van der Waals surface area contributed by atoms with Crippen LogP contribution in [0.4, 0.5) is 5.69 Å². The van der Waals surface area contributed by atoms with E-state index in [4.69, 9.17) is 9.47 Å². The minimum Gasteiger partial charge on any atom is -0.493 e. The fraction of sp³-hybridized carbons (Fsp3) is 0.111. The van der Waals surface area contributed by atoms with Crippen LogP contribution >= 0.6 is 31.9 Å². The summed E-state index contributed by atoms with van der Waals surface area (Å²) in [6, 6.07) is 10.5. The standard InChI is InChI=1S/C18H14Br2N2O4/c1-25-15-9-10(8-14(20)16(15)26-2)7-13-17(23)21-22(18(13)24)12-5-3-11(19)4-6-12/h3-9H,1-2H3,(H,21,23)/b13-7-. The number of halogens is 2. The molecule has 1 N–H and O–H groups in total. The van der Waals surface area contributed by atoms with E-state index in [0.29, 0.717) is 27.2 Å². The van der Waals surface area contributed by atoms with E-state index in [2.05, 4.69) is 37.3 Å². The number of anilines is 1.